The summed E-state index contributed by atoms with van der Waals surface area (Å²) in [7, 11) is 0. The fourth-order valence-electron chi connectivity index (χ4n) is 2.66. The van der Waals surface area contributed by atoms with Gasteiger partial charge in [0.1, 0.15) is 6.54 Å². The van der Waals surface area contributed by atoms with E-state index < -0.39 is 0 Å². The second-order valence-corrected chi connectivity index (χ2v) is 5.72. The third-order valence-electron chi connectivity index (χ3n) is 3.82. The monoisotopic (exact) mass is 320 g/mol. The van der Waals surface area contributed by atoms with Gasteiger partial charge in [0.05, 0.1) is 24.6 Å². The number of anilines is 2. The van der Waals surface area contributed by atoms with Crippen LogP contribution in [0.4, 0.5) is 11.4 Å². The summed E-state index contributed by atoms with van der Waals surface area (Å²) in [6.45, 7) is 5.45. The molecule has 7 heteroatoms. The Bertz CT molecular complexity index is 560. The van der Waals surface area contributed by atoms with Crippen LogP contribution in [0.15, 0.2) is 24.3 Å². The molecule has 0 bridgehead atoms. The Kier molecular flexibility index (Phi) is 4.87. The predicted octanol–water partition coefficient (Wildman–Crippen LogP) is 0.652. The van der Waals surface area contributed by atoms with Crippen molar-refractivity contribution >= 4 is 34.6 Å². The number of amides is 1. The third kappa shape index (κ3) is 3.55. The van der Waals surface area contributed by atoms with E-state index in [2.05, 4.69) is 15.5 Å². The molecule has 2 N–H and O–H groups in total. The van der Waals surface area contributed by atoms with Crippen LogP contribution in [0.2, 0.25) is 0 Å². The topological polar surface area (TPSA) is 56.8 Å². The highest BCUT2D eigenvalue weighted by Gasteiger charge is 2.24. The van der Waals surface area contributed by atoms with E-state index >= 15 is 0 Å². The molecule has 22 heavy (non-hydrogen) atoms. The fourth-order valence-corrected chi connectivity index (χ4v) is 2.92. The van der Waals surface area contributed by atoms with E-state index in [0.29, 0.717) is 5.11 Å². The molecular formula is C15H20N4O2S. The van der Waals surface area contributed by atoms with Gasteiger partial charge in [0.15, 0.2) is 5.11 Å². The molecule has 2 aliphatic heterocycles. The van der Waals surface area contributed by atoms with Crippen LogP contribution < -0.4 is 15.5 Å². The van der Waals surface area contributed by atoms with Gasteiger partial charge in [-0.15, -0.1) is 0 Å². The van der Waals surface area contributed by atoms with E-state index in [-0.39, 0.29) is 12.5 Å². The van der Waals surface area contributed by atoms with Crippen molar-refractivity contribution in [1.82, 2.24) is 10.2 Å². The quantitative estimate of drug-likeness (QED) is 0.798. The van der Waals surface area contributed by atoms with Gasteiger partial charge < -0.3 is 20.3 Å². The zero-order valence-electron chi connectivity index (χ0n) is 12.4. The van der Waals surface area contributed by atoms with Gasteiger partial charge >= 0.3 is 0 Å². The number of fused-ring (bicyclic) bond motifs is 1. The number of carbonyl (C=O) groups excluding carboxylic acids is 1. The highest BCUT2D eigenvalue weighted by atomic mass is 32.1. The van der Waals surface area contributed by atoms with Gasteiger partial charge in [-0.2, -0.15) is 0 Å². The van der Waals surface area contributed by atoms with Gasteiger partial charge in [-0.3, -0.25) is 9.69 Å². The highest BCUT2D eigenvalue weighted by molar-refractivity contribution is 7.80. The van der Waals surface area contributed by atoms with Crippen LogP contribution in [0.25, 0.3) is 0 Å². The van der Waals surface area contributed by atoms with Crippen molar-refractivity contribution in [2.24, 2.45) is 0 Å². The van der Waals surface area contributed by atoms with Crippen LogP contribution in [-0.4, -0.2) is 61.9 Å². The maximum Gasteiger partial charge on any atom is 0.244 e. The average molecular weight is 320 g/mol. The summed E-state index contributed by atoms with van der Waals surface area (Å²) in [6, 6.07) is 7.69. The Morgan fingerprint density at radius 3 is 2.91 bits per heavy atom. The maximum absolute atomic E-state index is 11.8. The second-order valence-electron chi connectivity index (χ2n) is 5.34. The maximum atomic E-state index is 11.8. The number of para-hydroxylation sites is 2. The normalized spacial score (nSPS) is 18.5. The van der Waals surface area contributed by atoms with Gasteiger partial charge in [0, 0.05) is 26.2 Å². The zero-order chi connectivity index (χ0) is 15.4. The number of thiocarbonyl (C=S) groups is 1. The molecule has 0 aliphatic carbocycles. The summed E-state index contributed by atoms with van der Waals surface area (Å²) >= 11 is 5.46. The number of rotatable bonds is 3. The summed E-state index contributed by atoms with van der Waals surface area (Å²) in [5.41, 5.74) is 1.74. The first-order valence-electron chi connectivity index (χ1n) is 7.48. The highest BCUT2D eigenvalue weighted by Crippen LogP contribution is 2.28. The first-order chi connectivity index (χ1) is 10.7. The first kappa shape index (κ1) is 15.2. The third-order valence-corrected chi connectivity index (χ3v) is 4.19. The van der Waals surface area contributed by atoms with E-state index in [1.54, 1.807) is 0 Å². The lowest BCUT2D eigenvalue weighted by Crippen LogP contribution is -2.49. The molecule has 2 heterocycles. The minimum absolute atomic E-state index is 0.0453. The number of hydrogen-bond donors (Lipinski definition) is 2. The minimum atomic E-state index is -0.0453. The summed E-state index contributed by atoms with van der Waals surface area (Å²) in [5.74, 6) is -0.0453. The molecule has 0 radical (unpaired) electrons. The molecule has 0 aromatic heterocycles. The minimum Gasteiger partial charge on any atom is -0.379 e. The Labute approximate surface area is 135 Å². The van der Waals surface area contributed by atoms with E-state index in [0.717, 1.165) is 50.8 Å². The summed E-state index contributed by atoms with van der Waals surface area (Å²) in [6.07, 6.45) is 0. The fraction of sp³-hybridized carbons (Fsp3) is 0.467. The largest absolute Gasteiger partial charge is 0.379 e. The van der Waals surface area contributed by atoms with E-state index in [9.17, 15) is 4.79 Å². The Hall–Kier alpha value is -1.70. The lowest BCUT2D eigenvalue weighted by molar-refractivity contribution is -0.115. The van der Waals surface area contributed by atoms with Crippen molar-refractivity contribution in [3.8, 4) is 0 Å². The van der Waals surface area contributed by atoms with Gasteiger partial charge in [0.25, 0.3) is 0 Å². The van der Waals surface area contributed by atoms with Crippen LogP contribution in [0.1, 0.15) is 0 Å². The van der Waals surface area contributed by atoms with Gasteiger partial charge in [-0.05, 0) is 24.4 Å². The molecule has 3 rings (SSSR count). The summed E-state index contributed by atoms with van der Waals surface area (Å²) in [4.78, 5) is 16.0. The Morgan fingerprint density at radius 1 is 1.32 bits per heavy atom. The van der Waals surface area contributed by atoms with Gasteiger partial charge in [0.2, 0.25) is 5.91 Å². The van der Waals surface area contributed by atoms with Gasteiger partial charge in [-0.1, -0.05) is 12.1 Å². The number of nitrogens with zero attached hydrogens (tertiary/aromatic N) is 2. The average Bonchev–Trinajstić information content (AvgIpc) is 2.55. The van der Waals surface area contributed by atoms with Crippen molar-refractivity contribution in [2.75, 3.05) is 56.2 Å². The number of benzene rings is 1. The molecular weight excluding hydrogens is 300 g/mol. The molecule has 1 saturated heterocycles. The van der Waals surface area contributed by atoms with Crippen LogP contribution in [0.5, 0.6) is 0 Å². The van der Waals surface area contributed by atoms with Crippen molar-refractivity contribution in [3.05, 3.63) is 24.3 Å². The molecule has 1 aromatic carbocycles. The van der Waals surface area contributed by atoms with Gasteiger partial charge in [-0.25, -0.2) is 0 Å². The van der Waals surface area contributed by atoms with E-state index in [4.69, 9.17) is 17.0 Å². The van der Waals surface area contributed by atoms with Crippen molar-refractivity contribution in [3.63, 3.8) is 0 Å². The van der Waals surface area contributed by atoms with E-state index in [1.807, 2.05) is 29.2 Å². The molecule has 0 unspecified atom stereocenters. The predicted molar refractivity (Wildman–Crippen MR) is 90.3 cm³/mol. The Morgan fingerprint density at radius 2 is 2.09 bits per heavy atom. The first-order valence-corrected chi connectivity index (χ1v) is 7.89. The SMILES string of the molecule is O=C1CN(C(=S)NCCN2CCOCC2)c2ccccc2N1. The Balaban J connectivity index is 1.56. The molecule has 1 amide bonds. The van der Waals surface area contributed by atoms with Crippen molar-refractivity contribution in [2.45, 2.75) is 0 Å². The standard InChI is InChI=1S/C15H20N4O2S/c20-14-11-19(13-4-2-1-3-12(13)17-14)15(22)16-5-6-18-7-9-21-10-8-18/h1-4H,5-11H2,(H,16,22)(H,17,20). The van der Waals surface area contributed by atoms with Crippen LogP contribution in [0.3, 0.4) is 0 Å². The summed E-state index contributed by atoms with van der Waals surface area (Å²) < 4.78 is 5.33. The van der Waals surface area contributed by atoms with Crippen LogP contribution >= 0.6 is 12.2 Å². The molecule has 2 aliphatic rings. The molecule has 1 aromatic rings. The van der Waals surface area contributed by atoms with Crippen LogP contribution in [-0.2, 0) is 9.53 Å². The number of ether oxygens (including phenoxy) is 1. The number of nitrogens with one attached hydrogen (secondary N) is 2. The molecule has 1 fully saturated rings. The smallest absolute Gasteiger partial charge is 0.244 e. The zero-order valence-corrected chi connectivity index (χ0v) is 13.2. The van der Waals surface area contributed by atoms with Crippen molar-refractivity contribution in [1.29, 1.82) is 0 Å². The summed E-state index contributed by atoms with van der Waals surface area (Å²) in [5, 5.41) is 6.71. The van der Waals surface area contributed by atoms with Crippen molar-refractivity contribution < 1.29 is 9.53 Å². The molecule has 118 valence electrons. The second kappa shape index (κ2) is 7.04. The lowest BCUT2D eigenvalue weighted by atomic mass is 10.2. The number of morpholine rings is 1. The lowest BCUT2D eigenvalue weighted by Gasteiger charge is -2.32. The molecule has 0 atom stereocenters. The molecule has 0 saturated carbocycles. The number of hydrogen-bond acceptors (Lipinski definition) is 4. The molecule has 0 spiro atoms. The van der Waals surface area contributed by atoms with E-state index in [1.165, 1.54) is 0 Å². The van der Waals surface area contributed by atoms with Crippen LogP contribution in [0, 0.1) is 0 Å². The number of carbonyl (C=O) groups is 1. The molecule has 6 nitrogen and oxygen atoms in total.